The maximum Gasteiger partial charge on any atom is 0.273 e. The fourth-order valence-electron chi connectivity index (χ4n) is 14.0. The first-order valence-corrected chi connectivity index (χ1v) is 40.4. The van der Waals surface area contributed by atoms with E-state index >= 15 is 0 Å². The lowest BCUT2D eigenvalue weighted by Gasteiger charge is -2.13. The normalized spacial score (nSPS) is 11.5. The first-order valence-electron chi connectivity index (χ1n) is 40.4. The van der Waals surface area contributed by atoms with Gasteiger partial charge in [0.15, 0.2) is 69.3 Å². The topological polar surface area (TPSA) is 355 Å². The summed E-state index contributed by atoms with van der Waals surface area (Å²) < 4.78 is 51.6. The summed E-state index contributed by atoms with van der Waals surface area (Å²) in [4.78, 5) is 85.6. The molecule has 0 atom stereocenters. The van der Waals surface area contributed by atoms with Crippen LogP contribution in [-0.4, -0.2) is 86.0 Å². The predicted octanol–water partition coefficient (Wildman–Crippen LogP) is 24.6. The van der Waals surface area contributed by atoms with Gasteiger partial charge in [-0.25, -0.2) is 29.9 Å². The number of nitrogens with zero attached hydrogens (tertiary/aromatic N) is 10. The minimum Gasteiger partial charge on any atom is -0.489 e. The number of hydrogen-bond donors (Lipinski definition) is 2. The number of aromatic amines is 2. The summed E-state index contributed by atoms with van der Waals surface area (Å²) in [6, 6.07) is 38.1. The van der Waals surface area contributed by atoms with E-state index in [1.165, 1.54) is 72.8 Å². The standard InChI is InChI=1S/C88H94N12O16/c1-5-9-13-17-21-25-45-109-77-49-57(97(101)102)29-41-73(77)113-61-33-37-65-69(53-61)85-89-81(65)94-86-71-55-63(115-75-43-31-59(99(105)106)51-79(75)111-47-27-23-19-15-11-7-3)35-39-67(71)83(91-86)96-88-72-56-64(116-76-44-32-60(100(107)108)52-80(76)112-48-28-24-20-16-12-8-4)36-40-68(72)84(92-88)95-87-70-54-62(34-38-66(70)82(90-87)93-85)114-74-42-30-58(98(103)104)50-78(74)110-46-26-22-18-14-10-6-2/h29-44,49-56H,5-28,45-48H2,1-4H3,(H2,89,90,91,92,93,94,95,96). The summed E-state index contributed by atoms with van der Waals surface area (Å²) in [5, 5.41) is 50.9. The van der Waals surface area contributed by atoms with Crippen LogP contribution in [-0.2, 0) is 0 Å². The molecule has 0 spiro atoms. The van der Waals surface area contributed by atoms with Gasteiger partial charge in [-0.2, -0.15) is 0 Å². The average molecular weight is 1580 g/mol. The largest absolute Gasteiger partial charge is 0.489 e. The molecule has 3 aromatic heterocycles. The van der Waals surface area contributed by atoms with Crippen LogP contribution in [0.1, 0.15) is 182 Å². The highest BCUT2D eigenvalue weighted by Gasteiger charge is 2.27. The Balaban J connectivity index is 0.978. The van der Waals surface area contributed by atoms with E-state index in [1.807, 2.05) is 0 Å². The molecule has 0 unspecified atom stereocenters. The van der Waals surface area contributed by atoms with Gasteiger partial charge in [-0.15, -0.1) is 0 Å². The van der Waals surface area contributed by atoms with Crippen molar-refractivity contribution >= 4 is 66.9 Å². The highest BCUT2D eigenvalue weighted by Crippen LogP contribution is 2.46. The van der Waals surface area contributed by atoms with Gasteiger partial charge in [0, 0.05) is 68.1 Å². The zero-order valence-corrected chi connectivity index (χ0v) is 65.7. The molecule has 8 aromatic carbocycles. The first kappa shape index (κ1) is 81.1. The fraction of sp³-hybridized carbons (Fsp3) is 0.364. The fourth-order valence-corrected chi connectivity index (χ4v) is 14.0. The lowest BCUT2D eigenvalue weighted by Crippen LogP contribution is -2.00. The van der Waals surface area contributed by atoms with Crippen LogP contribution in [0.4, 0.5) is 22.7 Å². The number of ether oxygens (including phenoxy) is 8. The molecular weight excluding hydrogens is 1480 g/mol. The smallest absolute Gasteiger partial charge is 0.273 e. The lowest BCUT2D eigenvalue weighted by molar-refractivity contribution is -0.385. The van der Waals surface area contributed by atoms with E-state index in [9.17, 15) is 40.5 Å². The summed E-state index contributed by atoms with van der Waals surface area (Å²) in [5.41, 5.74) is 2.44. The quantitative estimate of drug-likeness (QED) is 0.0203. The highest BCUT2D eigenvalue weighted by molar-refractivity contribution is 6.07. The zero-order valence-electron chi connectivity index (χ0n) is 65.7. The number of H-pyrrole nitrogens is 2. The van der Waals surface area contributed by atoms with Crippen molar-refractivity contribution in [2.45, 2.75) is 182 Å². The molecule has 5 heterocycles. The number of nitrogens with one attached hydrogen (secondary N) is 2. The monoisotopic (exact) mass is 1570 g/mol. The van der Waals surface area contributed by atoms with E-state index in [2.05, 4.69) is 37.7 Å². The molecule has 0 amide bonds. The maximum absolute atomic E-state index is 12.2. The van der Waals surface area contributed by atoms with Gasteiger partial charge >= 0.3 is 0 Å². The molecule has 2 aliphatic heterocycles. The van der Waals surface area contributed by atoms with Gasteiger partial charge in [-0.1, -0.05) is 156 Å². The van der Waals surface area contributed by atoms with E-state index < -0.39 is 19.7 Å². The third kappa shape index (κ3) is 20.4. The minimum atomic E-state index is -0.483. The van der Waals surface area contributed by atoms with Crippen LogP contribution in [0.15, 0.2) is 146 Å². The van der Waals surface area contributed by atoms with Crippen LogP contribution >= 0.6 is 0 Å². The Morgan fingerprint density at radius 2 is 0.509 bits per heavy atom. The third-order valence-electron chi connectivity index (χ3n) is 20.2. The number of fused-ring (bicyclic) bond motifs is 20. The van der Waals surface area contributed by atoms with Gasteiger partial charge in [0.2, 0.25) is 0 Å². The Labute approximate surface area is 670 Å². The lowest BCUT2D eigenvalue weighted by atomic mass is 10.1. The van der Waals surface area contributed by atoms with Crippen molar-refractivity contribution in [2.24, 2.45) is 0 Å². The number of hydrogen-bond acceptors (Lipinski definition) is 22. The summed E-state index contributed by atoms with van der Waals surface area (Å²) in [5.74, 6) is 3.73. The minimum absolute atomic E-state index is 0.168. The molecule has 0 aliphatic carbocycles. The second kappa shape index (κ2) is 39.2. The Kier molecular flexibility index (Phi) is 27.5. The van der Waals surface area contributed by atoms with Crippen LogP contribution in [0.3, 0.4) is 0 Å². The second-order valence-corrected chi connectivity index (χ2v) is 28.9. The SMILES string of the molecule is CCCCCCCCOc1cc([N+](=O)[O-])ccc1Oc1ccc2c(c1)-c1nc-2nc2[nH]c(nc3nc(nc4[nH]c(n1)c1ccc(Oc5ccc([N+](=O)[O-])cc5OCCCCCCCC)cc41)-c1ccc(Oc4ccc([N+](=O)[O-])cc4OCCCCCCCC)cc1-3)c1ccc(Oc3ccc([N+](=O)[O-])cc3OCCCCCCCC)cc21. The molecule has 0 saturated heterocycles. The van der Waals surface area contributed by atoms with Crippen LogP contribution in [0, 0.1) is 40.5 Å². The number of nitro groups is 4. The number of non-ortho nitro benzene ring substituents is 4. The average Bonchev–Trinajstić information content (AvgIpc) is 1.59. The molecule has 602 valence electrons. The van der Waals surface area contributed by atoms with Gasteiger partial charge < -0.3 is 47.9 Å². The molecule has 28 heteroatoms. The van der Waals surface area contributed by atoms with E-state index in [4.69, 9.17) is 67.8 Å². The zero-order chi connectivity index (χ0) is 80.9. The van der Waals surface area contributed by atoms with Gasteiger partial charge in [0.25, 0.3) is 22.7 Å². The van der Waals surface area contributed by atoms with Crippen molar-refractivity contribution in [3.63, 3.8) is 0 Å². The van der Waals surface area contributed by atoms with Crippen molar-refractivity contribution < 1.29 is 57.6 Å². The second-order valence-electron chi connectivity index (χ2n) is 28.9. The summed E-state index contributed by atoms with van der Waals surface area (Å²) >= 11 is 0. The van der Waals surface area contributed by atoms with Gasteiger partial charge in [-0.05, 0) is 123 Å². The van der Waals surface area contributed by atoms with E-state index in [0.717, 1.165) is 154 Å². The van der Waals surface area contributed by atoms with Gasteiger partial charge in [0.1, 0.15) is 45.6 Å². The number of benzene rings is 8. The van der Waals surface area contributed by atoms with E-state index in [1.54, 1.807) is 72.8 Å². The molecule has 13 rings (SSSR count). The number of aromatic nitrogens is 8. The number of unbranched alkanes of at least 4 members (excludes halogenated alkanes) is 20. The van der Waals surface area contributed by atoms with Crippen molar-refractivity contribution in [1.29, 1.82) is 0 Å². The molecule has 2 N–H and O–H groups in total. The van der Waals surface area contributed by atoms with Gasteiger partial charge in [0.05, 0.1) is 70.4 Å². The van der Waals surface area contributed by atoms with Crippen molar-refractivity contribution in [3.05, 3.63) is 186 Å². The highest BCUT2D eigenvalue weighted by atomic mass is 16.6. The van der Waals surface area contributed by atoms with Crippen LogP contribution in [0.2, 0.25) is 0 Å². The molecule has 2 aliphatic rings. The molecule has 11 aromatic rings. The predicted molar refractivity (Wildman–Crippen MR) is 444 cm³/mol. The number of nitro benzene ring substituents is 4. The van der Waals surface area contributed by atoms with Crippen LogP contribution in [0.25, 0.3) is 89.7 Å². The summed E-state index contributed by atoms with van der Waals surface area (Å²) in [6.07, 6.45) is 24.2. The van der Waals surface area contributed by atoms with Crippen molar-refractivity contribution in [2.75, 3.05) is 26.4 Å². The summed E-state index contributed by atoms with van der Waals surface area (Å²) in [6.45, 7) is 9.87. The van der Waals surface area contributed by atoms with E-state index in [0.29, 0.717) is 105 Å². The van der Waals surface area contributed by atoms with Crippen LogP contribution in [0.5, 0.6) is 69.0 Å². The number of rotatable bonds is 44. The Morgan fingerprint density at radius 3 is 0.793 bits per heavy atom. The molecule has 28 nitrogen and oxygen atoms in total. The maximum atomic E-state index is 12.2. The van der Waals surface area contributed by atoms with E-state index in [-0.39, 0.29) is 103 Å². The first-order chi connectivity index (χ1) is 56.6. The molecular formula is C88H94N12O16. The Bertz CT molecular complexity index is 5220. The molecule has 8 bridgehead atoms. The Hall–Kier alpha value is -12.9. The Morgan fingerprint density at radius 1 is 0.259 bits per heavy atom. The molecule has 0 saturated carbocycles. The van der Waals surface area contributed by atoms with Gasteiger partial charge in [-0.3, -0.25) is 40.5 Å². The molecule has 0 fully saturated rings. The third-order valence-corrected chi connectivity index (χ3v) is 20.2. The molecule has 116 heavy (non-hydrogen) atoms. The van der Waals surface area contributed by atoms with Crippen molar-refractivity contribution in [3.8, 4) is 115 Å². The van der Waals surface area contributed by atoms with Crippen LogP contribution < -0.4 is 37.9 Å². The van der Waals surface area contributed by atoms with Crippen molar-refractivity contribution in [1.82, 2.24) is 39.9 Å². The molecule has 0 radical (unpaired) electrons. The summed E-state index contributed by atoms with van der Waals surface area (Å²) in [7, 11) is 0.